The summed E-state index contributed by atoms with van der Waals surface area (Å²) in [6, 6.07) is 9.74. The SMILES string of the molecule is CCNC(CCN(C)C(C)C(C)C)c1ccc(Br)cc1. The minimum atomic E-state index is 0.440. The van der Waals surface area contributed by atoms with Crippen molar-refractivity contribution in [2.75, 3.05) is 20.1 Å². The van der Waals surface area contributed by atoms with E-state index in [1.54, 1.807) is 0 Å². The van der Waals surface area contributed by atoms with E-state index in [0.717, 1.165) is 24.0 Å². The number of rotatable bonds is 8. The van der Waals surface area contributed by atoms with E-state index in [1.807, 2.05) is 0 Å². The monoisotopic (exact) mass is 340 g/mol. The number of benzene rings is 1. The molecule has 2 nitrogen and oxygen atoms in total. The Balaban J connectivity index is 2.61. The number of nitrogens with zero attached hydrogens (tertiary/aromatic N) is 1. The molecule has 1 N–H and O–H groups in total. The van der Waals surface area contributed by atoms with Gasteiger partial charge in [0.05, 0.1) is 0 Å². The summed E-state index contributed by atoms with van der Waals surface area (Å²) in [6.45, 7) is 11.2. The van der Waals surface area contributed by atoms with Crippen molar-refractivity contribution in [2.24, 2.45) is 5.92 Å². The molecule has 114 valence electrons. The second-order valence-corrected chi connectivity index (χ2v) is 6.83. The van der Waals surface area contributed by atoms with E-state index < -0.39 is 0 Å². The molecule has 1 aromatic rings. The Bertz CT molecular complexity index is 375. The maximum absolute atomic E-state index is 3.60. The van der Waals surface area contributed by atoms with Crippen molar-refractivity contribution >= 4 is 15.9 Å². The summed E-state index contributed by atoms with van der Waals surface area (Å²) in [6.07, 6.45) is 1.14. The molecule has 20 heavy (non-hydrogen) atoms. The van der Waals surface area contributed by atoms with Crippen LogP contribution in [0, 0.1) is 5.92 Å². The van der Waals surface area contributed by atoms with E-state index in [2.05, 4.69) is 85.2 Å². The van der Waals surface area contributed by atoms with Crippen LogP contribution in [0.2, 0.25) is 0 Å². The average Bonchev–Trinajstić information content (AvgIpc) is 2.43. The molecule has 0 fully saturated rings. The van der Waals surface area contributed by atoms with Crippen molar-refractivity contribution in [1.82, 2.24) is 10.2 Å². The first-order valence-electron chi connectivity index (χ1n) is 7.64. The van der Waals surface area contributed by atoms with Gasteiger partial charge in [-0.1, -0.05) is 48.8 Å². The van der Waals surface area contributed by atoms with E-state index in [-0.39, 0.29) is 0 Å². The van der Waals surface area contributed by atoms with Gasteiger partial charge in [0, 0.05) is 16.6 Å². The zero-order chi connectivity index (χ0) is 15.1. The predicted octanol–water partition coefficient (Wildman–Crippen LogP) is 4.47. The highest BCUT2D eigenvalue weighted by molar-refractivity contribution is 9.10. The van der Waals surface area contributed by atoms with Crippen LogP contribution in [0.25, 0.3) is 0 Å². The lowest BCUT2D eigenvalue weighted by Crippen LogP contribution is -2.35. The zero-order valence-electron chi connectivity index (χ0n) is 13.5. The van der Waals surface area contributed by atoms with Gasteiger partial charge in [0.15, 0.2) is 0 Å². The van der Waals surface area contributed by atoms with Gasteiger partial charge in [-0.25, -0.2) is 0 Å². The van der Waals surface area contributed by atoms with Crippen LogP contribution in [0.15, 0.2) is 28.7 Å². The Morgan fingerprint density at radius 1 is 1.15 bits per heavy atom. The van der Waals surface area contributed by atoms with E-state index in [4.69, 9.17) is 0 Å². The molecule has 0 aliphatic rings. The molecule has 0 heterocycles. The molecule has 0 aliphatic carbocycles. The summed E-state index contributed by atoms with van der Waals surface area (Å²) in [5.74, 6) is 0.699. The highest BCUT2D eigenvalue weighted by Crippen LogP contribution is 2.20. The fraction of sp³-hybridized carbons (Fsp3) is 0.647. The predicted molar refractivity (Wildman–Crippen MR) is 92.1 cm³/mol. The standard InChI is InChI=1S/C17H29BrN2/c1-6-19-17(15-7-9-16(18)10-8-15)11-12-20(5)14(4)13(2)3/h7-10,13-14,17,19H,6,11-12H2,1-5H3. The van der Waals surface area contributed by atoms with Crippen LogP contribution in [0.4, 0.5) is 0 Å². The van der Waals surface area contributed by atoms with Crippen LogP contribution in [-0.4, -0.2) is 31.1 Å². The van der Waals surface area contributed by atoms with Crippen LogP contribution in [-0.2, 0) is 0 Å². The number of halogens is 1. The molecule has 0 amide bonds. The first-order chi connectivity index (χ1) is 9.45. The van der Waals surface area contributed by atoms with E-state index in [9.17, 15) is 0 Å². The van der Waals surface area contributed by atoms with Crippen molar-refractivity contribution in [1.29, 1.82) is 0 Å². The second kappa shape index (κ2) is 8.81. The molecule has 0 saturated carbocycles. The average molecular weight is 341 g/mol. The maximum Gasteiger partial charge on any atom is 0.0332 e. The van der Waals surface area contributed by atoms with Crippen LogP contribution >= 0.6 is 15.9 Å². The summed E-state index contributed by atoms with van der Waals surface area (Å²) in [4.78, 5) is 2.47. The van der Waals surface area contributed by atoms with Crippen LogP contribution < -0.4 is 5.32 Å². The molecule has 0 aromatic heterocycles. The van der Waals surface area contributed by atoms with Gasteiger partial charge < -0.3 is 10.2 Å². The fourth-order valence-corrected chi connectivity index (χ4v) is 2.64. The molecule has 3 heteroatoms. The Morgan fingerprint density at radius 3 is 2.25 bits per heavy atom. The molecule has 0 radical (unpaired) electrons. The fourth-order valence-electron chi connectivity index (χ4n) is 2.37. The molecule has 1 aromatic carbocycles. The van der Waals surface area contributed by atoms with Crippen molar-refractivity contribution < 1.29 is 0 Å². The number of hydrogen-bond acceptors (Lipinski definition) is 2. The van der Waals surface area contributed by atoms with E-state index in [1.165, 1.54) is 5.56 Å². The Kier molecular flexibility index (Phi) is 7.78. The van der Waals surface area contributed by atoms with Crippen molar-refractivity contribution in [3.05, 3.63) is 34.3 Å². The first-order valence-corrected chi connectivity index (χ1v) is 8.44. The molecular weight excluding hydrogens is 312 g/mol. The molecule has 0 aliphatic heterocycles. The van der Waals surface area contributed by atoms with Gasteiger partial charge >= 0.3 is 0 Å². The summed E-state index contributed by atoms with van der Waals surface area (Å²) >= 11 is 3.50. The second-order valence-electron chi connectivity index (χ2n) is 5.92. The van der Waals surface area contributed by atoms with E-state index >= 15 is 0 Å². The number of nitrogens with one attached hydrogen (secondary N) is 1. The third kappa shape index (κ3) is 5.55. The molecular formula is C17H29BrN2. The van der Waals surface area contributed by atoms with Gasteiger partial charge in [0.1, 0.15) is 0 Å². The van der Waals surface area contributed by atoms with Crippen LogP contribution in [0.3, 0.4) is 0 Å². The lowest BCUT2D eigenvalue weighted by Gasteiger charge is -2.29. The van der Waals surface area contributed by atoms with Gasteiger partial charge in [-0.15, -0.1) is 0 Å². The lowest BCUT2D eigenvalue weighted by molar-refractivity contribution is 0.198. The van der Waals surface area contributed by atoms with E-state index in [0.29, 0.717) is 18.0 Å². The highest BCUT2D eigenvalue weighted by Gasteiger charge is 2.16. The lowest BCUT2D eigenvalue weighted by atomic mass is 10.0. The van der Waals surface area contributed by atoms with Gasteiger partial charge in [-0.2, -0.15) is 0 Å². The highest BCUT2D eigenvalue weighted by atomic mass is 79.9. The zero-order valence-corrected chi connectivity index (χ0v) is 15.1. The van der Waals surface area contributed by atoms with Crippen LogP contribution in [0.1, 0.15) is 45.7 Å². The summed E-state index contributed by atoms with van der Waals surface area (Å²) in [7, 11) is 2.23. The quantitative estimate of drug-likeness (QED) is 0.751. The molecule has 0 spiro atoms. The van der Waals surface area contributed by atoms with Gasteiger partial charge in [0.25, 0.3) is 0 Å². The minimum absolute atomic E-state index is 0.440. The maximum atomic E-state index is 3.60. The Labute approximate surface area is 133 Å². The summed E-state index contributed by atoms with van der Waals surface area (Å²) in [5, 5.41) is 3.60. The minimum Gasteiger partial charge on any atom is -0.310 e. The largest absolute Gasteiger partial charge is 0.310 e. The van der Waals surface area contributed by atoms with Crippen LogP contribution in [0.5, 0.6) is 0 Å². The normalized spacial score (nSPS) is 14.8. The molecule has 1 rings (SSSR count). The van der Waals surface area contributed by atoms with Crippen molar-refractivity contribution in [2.45, 2.75) is 46.2 Å². The van der Waals surface area contributed by atoms with Gasteiger partial charge in [-0.3, -0.25) is 0 Å². The summed E-state index contributed by atoms with van der Waals surface area (Å²) < 4.78 is 1.14. The summed E-state index contributed by atoms with van der Waals surface area (Å²) in [5.41, 5.74) is 1.38. The Morgan fingerprint density at radius 2 is 1.75 bits per heavy atom. The van der Waals surface area contributed by atoms with Gasteiger partial charge in [0.2, 0.25) is 0 Å². The molecule has 2 unspecified atom stereocenters. The van der Waals surface area contributed by atoms with Gasteiger partial charge in [-0.05, 0) is 57.1 Å². The first kappa shape index (κ1) is 17.7. The molecule has 2 atom stereocenters. The van der Waals surface area contributed by atoms with Crippen molar-refractivity contribution in [3.8, 4) is 0 Å². The molecule has 0 bridgehead atoms. The smallest absolute Gasteiger partial charge is 0.0332 e. The third-order valence-corrected chi connectivity index (χ3v) is 4.68. The number of hydrogen-bond donors (Lipinski definition) is 1. The van der Waals surface area contributed by atoms with Crippen molar-refractivity contribution in [3.63, 3.8) is 0 Å². The molecule has 0 saturated heterocycles. The third-order valence-electron chi connectivity index (χ3n) is 4.15. The Hall–Kier alpha value is -0.380. The topological polar surface area (TPSA) is 15.3 Å².